The third kappa shape index (κ3) is 3.74. The molecule has 0 aromatic heterocycles. The Kier molecular flexibility index (Phi) is 5.56. The highest BCUT2D eigenvalue weighted by Crippen LogP contribution is 2.28. The number of hydrogen-bond acceptors (Lipinski definition) is 2. The van der Waals surface area contributed by atoms with E-state index in [4.69, 9.17) is 0 Å². The molecule has 1 nitrogen and oxygen atoms in total. The molecule has 2 heteroatoms. The monoisotopic (exact) mass is 199 g/mol. The third-order valence-corrected chi connectivity index (χ3v) is 4.02. The lowest BCUT2D eigenvalue weighted by Gasteiger charge is -2.21. The minimum atomic E-state index is 0.745. The first-order valence-electron chi connectivity index (χ1n) is 5.24. The first kappa shape index (κ1) is 11.1. The van der Waals surface area contributed by atoms with Crippen LogP contribution in [0.1, 0.15) is 25.7 Å². The van der Waals surface area contributed by atoms with Gasteiger partial charge in [-0.2, -0.15) is 11.8 Å². The highest BCUT2D eigenvalue weighted by atomic mass is 32.2. The summed E-state index contributed by atoms with van der Waals surface area (Å²) >= 11 is 2.10. The molecule has 1 aliphatic heterocycles. The van der Waals surface area contributed by atoms with Crippen LogP contribution in [0.4, 0.5) is 0 Å². The van der Waals surface area contributed by atoms with Crippen molar-refractivity contribution in [3.63, 3.8) is 0 Å². The molecule has 2 atom stereocenters. The number of rotatable bonds is 6. The number of thioether (sulfide) groups is 1. The van der Waals surface area contributed by atoms with Gasteiger partial charge in [0.05, 0.1) is 0 Å². The lowest BCUT2D eigenvalue weighted by atomic mass is 9.94. The molecule has 0 aromatic rings. The van der Waals surface area contributed by atoms with Crippen molar-refractivity contribution in [2.45, 2.75) is 31.7 Å². The van der Waals surface area contributed by atoms with E-state index in [2.05, 4.69) is 30.7 Å². The van der Waals surface area contributed by atoms with Gasteiger partial charge in [-0.3, -0.25) is 0 Å². The lowest BCUT2D eigenvalue weighted by Crippen LogP contribution is -2.33. The van der Waals surface area contributed by atoms with Gasteiger partial charge >= 0.3 is 0 Å². The van der Waals surface area contributed by atoms with Gasteiger partial charge in [-0.15, -0.1) is 6.58 Å². The molecule has 0 bridgehead atoms. The van der Waals surface area contributed by atoms with Crippen LogP contribution >= 0.6 is 11.8 Å². The molecule has 2 unspecified atom stereocenters. The van der Waals surface area contributed by atoms with Gasteiger partial charge in [0.2, 0.25) is 0 Å². The zero-order valence-electron chi connectivity index (χ0n) is 8.59. The Balaban J connectivity index is 2.20. The van der Waals surface area contributed by atoms with Crippen LogP contribution < -0.4 is 5.32 Å². The number of hydrogen-bond donors (Lipinski definition) is 1. The summed E-state index contributed by atoms with van der Waals surface area (Å²) < 4.78 is 0. The first-order chi connectivity index (χ1) is 6.38. The van der Waals surface area contributed by atoms with Gasteiger partial charge in [-0.05, 0) is 50.2 Å². The van der Waals surface area contributed by atoms with Crippen LogP contribution in [0, 0.1) is 5.92 Å². The number of allylic oxidation sites excluding steroid dienone is 1. The van der Waals surface area contributed by atoms with Gasteiger partial charge in [-0.25, -0.2) is 0 Å². The number of unbranched alkanes of at least 4 members (excludes halogenated alkanes) is 1. The number of nitrogens with one attached hydrogen (secondary N) is 1. The van der Waals surface area contributed by atoms with E-state index < -0.39 is 0 Å². The van der Waals surface area contributed by atoms with Crippen molar-refractivity contribution in [1.82, 2.24) is 5.32 Å². The predicted molar refractivity (Wildman–Crippen MR) is 62.3 cm³/mol. The predicted octanol–water partition coefficient (Wildman–Crippen LogP) is 2.68. The molecule has 0 aromatic carbocycles. The van der Waals surface area contributed by atoms with Crippen molar-refractivity contribution in [3.8, 4) is 0 Å². The van der Waals surface area contributed by atoms with E-state index in [1.807, 2.05) is 6.08 Å². The van der Waals surface area contributed by atoms with Crippen LogP contribution in [0.3, 0.4) is 0 Å². The first-order valence-corrected chi connectivity index (χ1v) is 6.40. The van der Waals surface area contributed by atoms with E-state index in [1.165, 1.54) is 30.8 Å². The van der Waals surface area contributed by atoms with Gasteiger partial charge < -0.3 is 5.32 Å². The summed E-state index contributed by atoms with van der Waals surface area (Å²) in [6, 6.07) is 0.745. The van der Waals surface area contributed by atoms with Crippen LogP contribution in [-0.4, -0.2) is 24.6 Å². The van der Waals surface area contributed by atoms with Gasteiger partial charge in [0.25, 0.3) is 0 Å². The fraction of sp³-hybridized carbons (Fsp3) is 0.818. The molecule has 0 aliphatic carbocycles. The van der Waals surface area contributed by atoms with Gasteiger partial charge in [0.1, 0.15) is 0 Å². The Bertz CT molecular complexity index is 141. The Morgan fingerprint density at radius 2 is 2.54 bits per heavy atom. The zero-order chi connectivity index (χ0) is 9.52. The van der Waals surface area contributed by atoms with Crippen molar-refractivity contribution in [2.75, 3.05) is 18.6 Å². The van der Waals surface area contributed by atoms with Crippen LogP contribution in [0.5, 0.6) is 0 Å². The molecule has 1 rings (SSSR count). The van der Waals surface area contributed by atoms with Crippen LogP contribution in [-0.2, 0) is 0 Å². The fourth-order valence-corrected chi connectivity index (χ4v) is 3.31. The molecular formula is C11H21NS. The molecule has 0 saturated carbocycles. The second-order valence-electron chi connectivity index (χ2n) is 3.74. The standard InChI is InChI=1S/C11H21NS/c1-3-4-5-6-11(12-2)10-7-8-13-9-10/h3,10-12H,1,4-9H2,2H3. The Hall–Kier alpha value is 0.0500. The molecular weight excluding hydrogens is 178 g/mol. The summed E-state index contributed by atoms with van der Waals surface area (Å²) in [5.41, 5.74) is 0. The molecule has 76 valence electrons. The Labute approximate surface area is 86.4 Å². The molecule has 1 N–H and O–H groups in total. The molecule has 1 fully saturated rings. The van der Waals surface area contributed by atoms with Gasteiger partial charge in [0, 0.05) is 6.04 Å². The lowest BCUT2D eigenvalue weighted by molar-refractivity contribution is 0.377. The van der Waals surface area contributed by atoms with E-state index in [9.17, 15) is 0 Å². The fourth-order valence-electron chi connectivity index (χ4n) is 1.97. The van der Waals surface area contributed by atoms with Crippen molar-refractivity contribution in [3.05, 3.63) is 12.7 Å². The van der Waals surface area contributed by atoms with Gasteiger partial charge in [-0.1, -0.05) is 6.08 Å². The molecule has 1 saturated heterocycles. The highest BCUT2D eigenvalue weighted by Gasteiger charge is 2.23. The smallest absolute Gasteiger partial charge is 0.0101 e. The van der Waals surface area contributed by atoms with Crippen molar-refractivity contribution in [1.29, 1.82) is 0 Å². The average molecular weight is 199 g/mol. The highest BCUT2D eigenvalue weighted by molar-refractivity contribution is 7.99. The minimum Gasteiger partial charge on any atom is -0.317 e. The maximum atomic E-state index is 3.76. The maximum absolute atomic E-state index is 3.76. The molecule has 0 amide bonds. The van der Waals surface area contributed by atoms with E-state index in [-0.39, 0.29) is 0 Å². The topological polar surface area (TPSA) is 12.0 Å². The second kappa shape index (κ2) is 6.50. The van der Waals surface area contributed by atoms with E-state index >= 15 is 0 Å². The molecule has 1 heterocycles. The summed E-state index contributed by atoms with van der Waals surface area (Å²) in [5.74, 6) is 3.64. The SMILES string of the molecule is C=CCCCC(NC)C1CCSC1. The minimum absolute atomic E-state index is 0.745. The van der Waals surface area contributed by atoms with E-state index in [1.54, 1.807) is 0 Å². The molecule has 1 aliphatic rings. The van der Waals surface area contributed by atoms with Crippen LogP contribution in [0.25, 0.3) is 0 Å². The van der Waals surface area contributed by atoms with Gasteiger partial charge in [0.15, 0.2) is 0 Å². The third-order valence-electron chi connectivity index (χ3n) is 2.83. The zero-order valence-corrected chi connectivity index (χ0v) is 9.41. The quantitative estimate of drug-likeness (QED) is 0.521. The van der Waals surface area contributed by atoms with Crippen molar-refractivity contribution >= 4 is 11.8 Å². The average Bonchev–Trinajstić information content (AvgIpc) is 2.65. The van der Waals surface area contributed by atoms with Crippen molar-refractivity contribution in [2.24, 2.45) is 5.92 Å². The molecule has 13 heavy (non-hydrogen) atoms. The second-order valence-corrected chi connectivity index (χ2v) is 4.89. The van der Waals surface area contributed by atoms with E-state index in [0.29, 0.717) is 0 Å². The largest absolute Gasteiger partial charge is 0.317 e. The summed E-state index contributed by atoms with van der Waals surface area (Å²) in [7, 11) is 2.10. The summed E-state index contributed by atoms with van der Waals surface area (Å²) in [4.78, 5) is 0. The van der Waals surface area contributed by atoms with Crippen LogP contribution in [0.15, 0.2) is 12.7 Å². The van der Waals surface area contributed by atoms with E-state index in [0.717, 1.165) is 18.4 Å². The molecule has 0 spiro atoms. The summed E-state index contributed by atoms with van der Waals surface area (Å²) in [6.07, 6.45) is 7.20. The van der Waals surface area contributed by atoms with Crippen molar-refractivity contribution < 1.29 is 0 Å². The summed E-state index contributed by atoms with van der Waals surface area (Å²) in [6.45, 7) is 3.76. The summed E-state index contributed by atoms with van der Waals surface area (Å²) in [5, 5.41) is 3.46. The van der Waals surface area contributed by atoms with Crippen LogP contribution in [0.2, 0.25) is 0 Å². The molecule has 0 radical (unpaired) electrons. The Morgan fingerprint density at radius 1 is 1.69 bits per heavy atom. The maximum Gasteiger partial charge on any atom is 0.0101 e. The Morgan fingerprint density at radius 3 is 3.08 bits per heavy atom. The normalized spacial score (nSPS) is 24.5.